The molecular weight excluding hydrogens is 311 g/mol. The van der Waals surface area contributed by atoms with Crippen LogP contribution in [-0.4, -0.2) is 12.9 Å². The van der Waals surface area contributed by atoms with E-state index in [-0.39, 0.29) is 12.1 Å². The van der Waals surface area contributed by atoms with Crippen molar-refractivity contribution in [1.82, 2.24) is 0 Å². The fourth-order valence-corrected chi connectivity index (χ4v) is 2.97. The Bertz CT molecular complexity index is 594. The van der Waals surface area contributed by atoms with Gasteiger partial charge in [-0.25, -0.2) is 4.39 Å². The van der Waals surface area contributed by atoms with Gasteiger partial charge in [-0.05, 0) is 52.4 Å². The van der Waals surface area contributed by atoms with Gasteiger partial charge in [0, 0.05) is 16.3 Å². The lowest BCUT2D eigenvalue weighted by atomic mass is 10.1. The molecule has 100 valence electrons. The zero-order valence-electron chi connectivity index (χ0n) is 10.4. The van der Waals surface area contributed by atoms with E-state index in [1.54, 1.807) is 12.1 Å². The first kappa shape index (κ1) is 12.9. The zero-order valence-corrected chi connectivity index (χ0v) is 12.0. The Labute approximate surface area is 119 Å². The molecule has 0 bridgehead atoms. The Morgan fingerprint density at radius 3 is 2.95 bits per heavy atom. The number of rotatable bonds is 2. The van der Waals surface area contributed by atoms with Crippen molar-refractivity contribution in [3.63, 3.8) is 0 Å². The number of halogens is 2. The number of benzene rings is 2. The molecule has 0 spiro atoms. The van der Waals surface area contributed by atoms with Crippen LogP contribution in [0.5, 0.6) is 5.75 Å². The van der Waals surface area contributed by atoms with Crippen molar-refractivity contribution in [1.29, 1.82) is 0 Å². The van der Waals surface area contributed by atoms with E-state index < -0.39 is 0 Å². The molecule has 0 amide bonds. The van der Waals surface area contributed by atoms with Crippen LogP contribution in [0.1, 0.15) is 19.3 Å². The molecule has 0 N–H and O–H groups in total. The van der Waals surface area contributed by atoms with Crippen molar-refractivity contribution in [3.8, 4) is 5.75 Å². The van der Waals surface area contributed by atoms with Gasteiger partial charge in [0.2, 0.25) is 0 Å². The molecule has 1 fully saturated rings. The van der Waals surface area contributed by atoms with E-state index in [1.807, 2.05) is 12.1 Å². The summed E-state index contributed by atoms with van der Waals surface area (Å²) in [6.45, 7) is 0.744. The third-order valence-electron chi connectivity index (χ3n) is 3.26. The summed E-state index contributed by atoms with van der Waals surface area (Å²) < 4.78 is 25.8. The second-order valence-corrected chi connectivity index (χ2v) is 5.51. The minimum atomic E-state index is -0.232. The second kappa shape index (κ2) is 5.47. The molecule has 1 saturated heterocycles. The first-order valence-electron chi connectivity index (χ1n) is 6.40. The van der Waals surface area contributed by atoms with Crippen molar-refractivity contribution in [2.24, 2.45) is 0 Å². The molecule has 0 saturated carbocycles. The Morgan fingerprint density at radius 2 is 2.16 bits per heavy atom. The minimum absolute atomic E-state index is 0.188. The summed E-state index contributed by atoms with van der Waals surface area (Å²) >= 11 is 3.40. The molecule has 1 heterocycles. The number of hydrogen-bond donors (Lipinski definition) is 0. The Morgan fingerprint density at radius 1 is 1.26 bits per heavy atom. The minimum Gasteiger partial charge on any atom is -0.465 e. The predicted molar refractivity (Wildman–Crippen MR) is 75.8 cm³/mol. The molecule has 4 heteroatoms. The van der Waals surface area contributed by atoms with E-state index in [9.17, 15) is 4.39 Å². The molecule has 2 nitrogen and oxygen atoms in total. The lowest BCUT2D eigenvalue weighted by molar-refractivity contribution is -0.105. The SMILES string of the molecule is Fc1cccc2cc(OC3CCCCO3)cc(Br)c12. The van der Waals surface area contributed by atoms with Crippen LogP contribution in [0.2, 0.25) is 0 Å². The number of fused-ring (bicyclic) bond motifs is 1. The summed E-state index contributed by atoms with van der Waals surface area (Å²) in [6.07, 6.45) is 2.92. The molecule has 1 aliphatic heterocycles. The third kappa shape index (κ3) is 2.74. The highest BCUT2D eigenvalue weighted by Crippen LogP contribution is 2.32. The smallest absolute Gasteiger partial charge is 0.199 e. The average Bonchev–Trinajstić information content (AvgIpc) is 2.39. The predicted octanol–water partition coefficient (Wildman–Crippen LogP) is 4.65. The van der Waals surface area contributed by atoms with Crippen LogP contribution in [0, 0.1) is 5.82 Å². The highest BCUT2D eigenvalue weighted by Gasteiger charge is 2.16. The summed E-state index contributed by atoms with van der Waals surface area (Å²) in [4.78, 5) is 0. The van der Waals surface area contributed by atoms with Crippen LogP contribution in [0.4, 0.5) is 4.39 Å². The molecule has 3 rings (SSSR count). The summed E-state index contributed by atoms with van der Waals surface area (Å²) in [5.41, 5.74) is 0. The van der Waals surface area contributed by atoms with Crippen LogP contribution < -0.4 is 4.74 Å². The topological polar surface area (TPSA) is 18.5 Å². The van der Waals surface area contributed by atoms with E-state index >= 15 is 0 Å². The van der Waals surface area contributed by atoms with Crippen LogP contribution >= 0.6 is 15.9 Å². The van der Waals surface area contributed by atoms with Crippen molar-refractivity contribution < 1.29 is 13.9 Å². The Balaban J connectivity index is 1.92. The third-order valence-corrected chi connectivity index (χ3v) is 3.88. The monoisotopic (exact) mass is 324 g/mol. The van der Waals surface area contributed by atoms with Crippen molar-refractivity contribution in [2.75, 3.05) is 6.61 Å². The maximum absolute atomic E-state index is 13.7. The van der Waals surface area contributed by atoms with Crippen LogP contribution in [0.15, 0.2) is 34.8 Å². The summed E-state index contributed by atoms with van der Waals surface area (Å²) in [7, 11) is 0. The highest BCUT2D eigenvalue weighted by atomic mass is 79.9. The molecule has 0 aromatic heterocycles. The Hall–Kier alpha value is -1.13. The second-order valence-electron chi connectivity index (χ2n) is 4.66. The first-order valence-corrected chi connectivity index (χ1v) is 7.19. The van der Waals surface area contributed by atoms with E-state index in [0.717, 1.165) is 31.3 Å². The molecule has 1 aliphatic rings. The molecule has 1 unspecified atom stereocenters. The van der Waals surface area contributed by atoms with E-state index in [4.69, 9.17) is 9.47 Å². The number of ether oxygens (including phenoxy) is 2. The molecule has 0 radical (unpaired) electrons. The maximum atomic E-state index is 13.7. The van der Waals surface area contributed by atoms with Crippen LogP contribution in [-0.2, 0) is 4.74 Å². The fraction of sp³-hybridized carbons (Fsp3) is 0.333. The zero-order chi connectivity index (χ0) is 13.2. The quantitative estimate of drug-likeness (QED) is 0.800. The van der Waals surface area contributed by atoms with E-state index in [1.165, 1.54) is 6.07 Å². The summed E-state index contributed by atoms with van der Waals surface area (Å²) in [5.74, 6) is 0.474. The van der Waals surface area contributed by atoms with Gasteiger partial charge in [-0.3, -0.25) is 0 Å². The average molecular weight is 325 g/mol. The molecule has 0 aliphatic carbocycles. The largest absolute Gasteiger partial charge is 0.465 e. The highest BCUT2D eigenvalue weighted by molar-refractivity contribution is 9.10. The van der Waals surface area contributed by atoms with Gasteiger partial charge >= 0.3 is 0 Å². The fourth-order valence-electron chi connectivity index (χ4n) is 2.33. The molecule has 2 aromatic rings. The molecule has 1 atom stereocenters. The van der Waals surface area contributed by atoms with Crippen molar-refractivity contribution >= 4 is 26.7 Å². The molecule has 2 aromatic carbocycles. The van der Waals surface area contributed by atoms with Gasteiger partial charge in [-0.15, -0.1) is 0 Å². The van der Waals surface area contributed by atoms with Gasteiger partial charge in [0.05, 0.1) is 6.61 Å². The standard InChI is InChI=1S/C15H14BrFO2/c16-12-9-11(19-14-6-1-2-7-18-14)8-10-4-3-5-13(17)15(10)12/h3-5,8-9,14H,1-2,6-7H2. The number of hydrogen-bond acceptors (Lipinski definition) is 2. The normalized spacial score (nSPS) is 19.6. The van der Waals surface area contributed by atoms with Gasteiger partial charge in [0.1, 0.15) is 11.6 Å². The lowest BCUT2D eigenvalue weighted by Crippen LogP contribution is -2.24. The van der Waals surface area contributed by atoms with Gasteiger partial charge < -0.3 is 9.47 Å². The van der Waals surface area contributed by atoms with Crippen LogP contribution in [0.3, 0.4) is 0 Å². The summed E-state index contributed by atoms with van der Waals surface area (Å²) in [5, 5.41) is 1.40. The Kier molecular flexibility index (Phi) is 3.71. The molecular formula is C15H14BrFO2. The lowest BCUT2D eigenvalue weighted by Gasteiger charge is -2.23. The van der Waals surface area contributed by atoms with Gasteiger partial charge in [-0.2, -0.15) is 0 Å². The van der Waals surface area contributed by atoms with Crippen molar-refractivity contribution in [3.05, 3.63) is 40.6 Å². The first-order chi connectivity index (χ1) is 9.24. The van der Waals surface area contributed by atoms with Gasteiger partial charge in [0.15, 0.2) is 6.29 Å². The van der Waals surface area contributed by atoms with Gasteiger partial charge in [-0.1, -0.05) is 12.1 Å². The maximum Gasteiger partial charge on any atom is 0.199 e. The summed E-state index contributed by atoms with van der Waals surface area (Å²) in [6, 6.07) is 8.67. The van der Waals surface area contributed by atoms with Crippen molar-refractivity contribution in [2.45, 2.75) is 25.6 Å². The van der Waals surface area contributed by atoms with Gasteiger partial charge in [0.25, 0.3) is 0 Å². The van der Waals surface area contributed by atoms with Crippen LogP contribution in [0.25, 0.3) is 10.8 Å². The molecule has 19 heavy (non-hydrogen) atoms. The van der Waals surface area contributed by atoms with E-state index in [0.29, 0.717) is 15.6 Å². The van der Waals surface area contributed by atoms with E-state index in [2.05, 4.69) is 15.9 Å².